The molecular weight excluding hydrogens is 434 g/mol. The summed E-state index contributed by atoms with van der Waals surface area (Å²) in [5.41, 5.74) is 4.05. The number of hydrogen-bond donors (Lipinski definition) is 0. The molecule has 0 atom stereocenters. The molecule has 174 valence electrons. The normalized spacial score (nSPS) is 10.9. The van der Waals surface area contributed by atoms with Gasteiger partial charge < -0.3 is 18.8 Å². The van der Waals surface area contributed by atoms with Crippen molar-refractivity contribution in [3.63, 3.8) is 0 Å². The third-order valence-electron chi connectivity index (χ3n) is 5.86. The Balaban J connectivity index is 0.00000306. The molecule has 33 heavy (non-hydrogen) atoms. The summed E-state index contributed by atoms with van der Waals surface area (Å²) < 4.78 is 17.7. The predicted molar refractivity (Wildman–Crippen MR) is 139 cm³/mol. The van der Waals surface area contributed by atoms with Gasteiger partial charge in [-0.05, 0) is 49.3 Å². The van der Waals surface area contributed by atoms with Gasteiger partial charge in [0.05, 0.1) is 13.7 Å². The summed E-state index contributed by atoms with van der Waals surface area (Å²) in [5.74, 6) is 2.54. The lowest BCUT2D eigenvalue weighted by molar-refractivity contribution is 0.249. The molecule has 4 nitrogen and oxygen atoms in total. The molecule has 0 aliphatic rings. The van der Waals surface area contributed by atoms with E-state index in [9.17, 15) is 0 Å². The van der Waals surface area contributed by atoms with Gasteiger partial charge in [-0.2, -0.15) is 0 Å². The molecule has 3 aromatic carbocycles. The summed E-state index contributed by atoms with van der Waals surface area (Å²) in [6.45, 7) is 8.35. The van der Waals surface area contributed by atoms with E-state index in [1.165, 1.54) is 0 Å². The number of nitrogens with zero attached hydrogens (tertiary/aromatic N) is 1. The van der Waals surface area contributed by atoms with Gasteiger partial charge in [-0.1, -0.05) is 56.3 Å². The van der Waals surface area contributed by atoms with E-state index in [-0.39, 0.29) is 12.4 Å². The van der Waals surface area contributed by atoms with Crippen LogP contribution >= 0.6 is 12.4 Å². The van der Waals surface area contributed by atoms with E-state index in [4.69, 9.17) is 13.9 Å². The number of halogens is 1. The fourth-order valence-corrected chi connectivity index (χ4v) is 4.02. The van der Waals surface area contributed by atoms with Gasteiger partial charge in [0, 0.05) is 29.1 Å². The maximum Gasteiger partial charge on any atom is 0.143 e. The van der Waals surface area contributed by atoms with Crippen molar-refractivity contribution < 1.29 is 13.9 Å². The lowest BCUT2D eigenvalue weighted by Crippen LogP contribution is -2.25. The summed E-state index contributed by atoms with van der Waals surface area (Å²) in [7, 11) is 1.67. The van der Waals surface area contributed by atoms with Crippen molar-refractivity contribution in [1.29, 1.82) is 0 Å². The van der Waals surface area contributed by atoms with Crippen LogP contribution < -0.4 is 9.47 Å². The van der Waals surface area contributed by atoms with Crippen molar-refractivity contribution in [2.75, 3.05) is 33.4 Å². The van der Waals surface area contributed by atoms with E-state index in [1.54, 1.807) is 7.11 Å². The minimum absolute atomic E-state index is 0. The lowest BCUT2D eigenvalue weighted by atomic mass is 9.98. The molecule has 0 saturated heterocycles. The zero-order valence-corrected chi connectivity index (χ0v) is 20.4. The second-order valence-electron chi connectivity index (χ2n) is 7.79. The minimum Gasteiger partial charge on any atom is -0.497 e. The molecule has 0 fully saturated rings. The Kier molecular flexibility index (Phi) is 8.81. The van der Waals surface area contributed by atoms with Gasteiger partial charge >= 0.3 is 0 Å². The molecule has 0 saturated carbocycles. The average Bonchev–Trinajstić information content (AvgIpc) is 3.24. The van der Waals surface area contributed by atoms with Gasteiger partial charge in [-0.3, -0.25) is 0 Å². The molecule has 0 aliphatic carbocycles. The quantitative estimate of drug-likeness (QED) is 0.230. The van der Waals surface area contributed by atoms with E-state index in [2.05, 4.69) is 49.1 Å². The van der Waals surface area contributed by atoms with Gasteiger partial charge in [0.25, 0.3) is 0 Å². The molecule has 1 aromatic heterocycles. The van der Waals surface area contributed by atoms with Gasteiger partial charge in [-0.25, -0.2) is 0 Å². The topological polar surface area (TPSA) is 34.8 Å². The molecule has 0 radical (unpaired) electrons. The molecule has 0 amide bonds. The Morgan fingerprint density at radius 3 is 2.18 bits per heavy atom. The van der Waals surface area contributed by atoms with Crippen molar-refractivity contribution in [3.8, 4) is 33.9 Å². The highest BCUT2D eigenvalue weighted by Crippen LogP contribution is 2.42. The summed E-state index contributed by atoms with van der Waals surface area (Å²) in [6, 6.07) is 24.5. The maximum atomic E-state index is 6.32. The second-order valence-corrected chi connectivity index (χ2v) is 7.79. The van der Waals surface area contributed by atoms with Crippen LogP contribution in [0.1, 0.15) is 20.3 Å². The van der Waals surface area contributed by atoms with Gasteiger partial charge in [0.2, 0.25) is 0 Å². The van der Waals surface area contributed by atoms with Crippen LogP contribution in [-0.4, -0.2) is 38.3 Å². The highest BCUT2D eigenvalue weighted by Gasteiger charge is 2.18. The second kappa shape index (κ2) is 11.8. The molecular formula is C28H32ClNO3. The lowest BCUT2D eigenvalue weighted by Gasteiger charge is -2.17. The number of methoxy groups -OCH3 is 1. The number of benzene rings is 3. The Morgan fingerprint density at radius 1 is 0.818 bits per heavy atom. The van der Waals surface area contributed by atoms with E-state index >= 15 is 0 Å². The number of rotatable bonds is 10. The van der Waals surface area contributed by atoms with Gasteiger partial charge in [-0.15, -0.1) is 12.4 Å². The number of fused-ring (bicyclic) bond motifs is 1. The van der Waals surface area contributed by atoms with Gasteiger partial charge in [0.1, 0.15) is 22.8 Å². The standard InChI is InChI=1S/C28H31NO3.ClH/c1-4-29(5-2)18-9-19-31-23-14-12-21(13-15-23)27-25-17-16-24(30-3)20-26(25)32-28(27)22-10-7-6-8-11-22;/h6-8,10-17,20H,4-5,9,18-19H2,1-3H3;1H. The van der Waals surface area contributed by atoms with Crippen LogP contribution in [0.3, 0.4) is 0 Å². The first-order chi connectivity index (χ1) is 15.7. The third-order valence-corrected chi connectivity index (χ3v) is 5.86. The van der Waals surface area contributed by atoms with E-state index in [1.807, 2.05) is 42.5 Å². The average molecular weight is 466 g/mol. The van der Waals surface area contributed by atoms with E-state index in [0.29, 0.717) is 0 Å². The van der Waals surface area contributed by atoms with Crippen LogP contribution in [0.25, 0.3) is 33.4 Å². The highest BCUT2D eigenvalue weighted by molar-refractivity contribution is 6.02. The number of furan rings is 1. The number of hydrogen-bond acceptors (Lipinski definition) is 4. The Bertz CT molecular complexity index is 1140. The first kappa shape index (κ1) is 24.7. The first-order valence-electron chi connectivity index (χ1n) is 11.3. The van der Waals surface area contributed by atoms with Crippen molar-refractivity contribution in [2.45, 2.75) is 20.3 Å². The van der Waals surface area contributed by atoms with Gasteiger partial charge in [0.15, 0.2) is 0 Å². The largest absolute Gasteiger partial charge is 0.497 e. The SMILES string of the molecule is CCN(CC)CCCOc1ccc(-c2c(-c3ccccc3)oc3cc(OC)ccc23)cc1.Cl. The van der Waals surface area contributed by atoms with Crippen LogP contribution in [0.2, 0.25) is 0 Å². The molecule has 0 N–H and O–H groups in total. The maximum absolute atomic E-state index is 6.32. The fraction of sp³-hybridized carbons (Fsp3) is 0.286. The Labute approximate surface area is 202 Å². The Morgan fingerprint density at radius 2 is 1.52 bits per heavy atom. The van der Waals surface area contributed by atoms with E-state index in [0.717, 1.165) is 77.6 Å². The van der Waals surface area contributed by atoms with Crippen LogP contribution in [0.5, 0.6) is 11.5 Å². The summed E-state index contributed by atoms with van der Waals surface area (Å²) in [5, 5.41) is 1.07. The molecule has 0 spiro atoms. The summed E-state index contributed by atoms with van der Waals surface area (Å²) in [6.07, 6.45) is 1.02. The molecule has 5 heteroatoms. The predicted octanol–water partition coefficient (Wildman–Crippen LogP) is 7.31. The van der Waals surface area contributed by atoms with Crippen molar-refractivity contribution in [2.24, 2.45) is 0 Å². The van der Waals surface area contributed by atoms with Crippen LogP contribution in [-0.2, 0) is 0 Å². The van der Waals surface area contributed by atoms with Crippen LogP contribution in [0.4, 0.5) is 0 Å². The molecule has 1 heterocycles. The minimum atomic E-state index is 0. The van der Waals surface area contributed by atoms with Crippen molar-refractivity contribution in [3.05, 3.63) is 72.8 Å². The number of ether oxygens (including phenoxy) is 2. The molecule has 4 rings (SSSR count). The zero-order valence-electron chi connectivity index (χ0n) is 19.5. The van der Waals surface area contributed by atoms with Crippen molar-refractivity contribution in [1.82, 2.24) is 4.90 Å². The molecule has 4 aromatic rings. The monoisotopic (exact) mass is 465 g/mol. The first-order valence-corrected chi connectivity index (χ1v) is 11.3. The molecule has 0 unspecified atom stereocenters. The third kappa shape index (κ3) is 5.70. The molecule has 0 aliphatic heterocycles. The van der Waals surface area contributed by atoms with Crippen LogP contribution in [0, 0.1) is 0 Å². The van der Waals surface area contributed by atoms with Crippen LogP contribution in [0.15, 0.2) is 77.2 Å². The van der Waals surface area contributed by atoms with E-state index < -0.39 is 0 Å². The smallest absolute Gasteiger partial charge is 0.143 e. The fourth-order valence-electron chi connectivity index (χ4n) is 4.02. The molecule has 0 bridgehead atoms. The summed E-state index contributed by atoms with van der Waals surface area (Å²) >= 11 is 0. The Hall–Kier alpha value is -2.95. The highest BCUT2D eigenvalue weighted by atomic mass is 35.5. The zero-order chi connectivity index (χ0) is 22.3. The van der Waals surface area contributed by atoms with Crippen molar-refractivity contribution >= 4 is 23.4 Å². The summed E-state index contributed by atoms with van der Waals surface area (Å²) in [4.78, 5) is 2.41.